The Balaban J connectivity index is 1.62. The van der Waals surface area contributed by atoms with E-state index in [1.165, 1.54) is 0 Å². The van der Waals surface area contributed by atoms with Crippen LogP contribution in [0.3, 0.4) is 0 Å². The molecule has 6 heteroatoms. The summed E-state index contributed by atoms with van der Waals surface area (Å²) in [5.74, 6) is 0.735. The highest BCUT2D eigenvalue weighted by Crippen LogP contribution is 2.38. The SMILES string of the molecule is CCOc1cc2c(cc1NC(=O)CNC(=O)c1ccc(C(C)(C)C)cc1)OC(C)C2. The maximum atomic E-state index is 12.4. The first-order valence-electron chi connectivity index (χ1n) is 10.3. The van der Waals surface area contributed by atoms with Gasteiger partial charge in [-0.2, -0.15) is 0 Å². The largest absolute Gasteiger partial charge is 0.492 e. The Morgan fingerprint density at radius 2 is 1.87 bits per heavy atom. The first-order chi connectivity index (χ1) is 14.2. The van der Waals surface area contributed by atoms with Crippen molar-refractivity contribution >= 4 is 17.5 Å². The van der Waals surface area contributed by atoms with Crippen LogP contribution in [-0.4, -0.2) is 31.1 Å². The van der Waals surface area contributed by atoms with Crippen molar-refractivity contribution in [3.05, 3.63) is 53.1 Å². The minimum absolute atomic E-state index is 0.0184. The molecule has 2 amide bonds. The summed E-state index contributed by atoms with van der Waals surface area (Å²) in [4.78, 5) is 24.8. The molecule has 2 aromatic carbocycles. The van der Waals surface area contributed by atoms with E-state index in [0.717, 1.165) is 23.3 Å². The number of hydrogen-bond donors (Lipinski definition) is 2. The number of ether oxygens (including phenoxy) is 2. The summed E-state index contributed by atoms with van der Waals surface area (Å²) in [6.45, 7) is 10.6. The third-order valence-corrected chi connectivity index (χ3v) is 4.99. The van der Waals surface area contributed by atoms with Gasteiger partial charge in [-0.1, -0.05) is 32.9 Å². The maximum Gasteiger partial charge on any atom is 0.251 e. The van der Waals surface area contributed by atoms with Crippen molar-refractivity contribution in [3.8, 4) is 11.5 Å². The Labute approximate surface area is 178 Å². The summed E-state index contributed by atoms with van der Waals surface area (Å²) < 4.78 is 11.4. The zero-order chi connectivity index (χ0) is 21.9. The second-order valence-corrected chi connectivity index (χ2v) is 8.58. The molecule has 30 heavy (non-hydrogen) atoms. The van der Waals surface area contributed by atoms with Crippen molar-refractivity contribution in [1.82, 2.24) is 5.32 Å². The van der Waals surface area contributed by atoms with Crippen molar-refractivity contribution in [2.45, 2.75) is 52.6 Å². The summed E-state index contributed by atoms with van der Waals surface area (Å²) in [5.41, 5.74) is 3.29. The number of carbonyl (C=O) groups excluding carboxylic acids is 2. The van der Waals surface area contributed by atoms with E-state index in [-0.39, 0.29) is 29.9 Å². The highest BCUT2D eigenvalue weighted by Gasteiger charge is 2.23. The lowest BCUT2D eigenvalue weighted by Gasteiger charge is -2.19. The number of nitrogens with one attached hydrogen (secondary N) is 2. The van der Waals surface area contributed by atoms with Crippen LogP contribution in [0.2, 0.25) is 0 Å². The van der Waals surface area contributed by atoms with Gasteiger partial charge in [0.25, 0.3) is 5.91 Å². The van der Waals surface area contributed by atoms with E-state index in [4.69, 9.17) is 9.47 Å². The Morgan fingerprint density at radius 1 is 1.17 bits per heavy atom. The number of amides is 2. The highest BCUT2D eigenvalue weighted by atomic mass is 16.5. The lowest BCUT2D eigenvalue weighted by molar-refractivity contribution is -0.115. The van der Waals surface area contributed by atoms with Gasteiger partial charge in [-0.05, 0) is 43.0 Å². The normalized spacial score (nSPS) is 15.2. The summed E-state index contributed by atoms with van der Waals surface area (Å²) >= 11 is 0. The van der Waals surface area contributed by atoms with Gasteiger partial charge in [0, 0.05) is 23.6 Å². The molecule has 2 N–H and O–H groups in total. The van der Waals surface area contributed by atoms with E-state index in [1.54, 1.807) is 18.2 Å². The average Bonchev–Trinajstić information content (AvgIpc) is 3.04. The topological polar surface area (TPSA) is 76.7 Å². The molecule has 0 aliphatic carbocycles. The van der Waals surface area contributed by atoms with Crippen LogP contribution in [0.1, 0.15) is 56.1 Å². The third-order valence-electron chi connectivity index (χ3n) is 4.99. The molecule has 0 bridgehead atoms. The lowest BCUT2D eigenvalue weighted by Crippen LogP contribution is -2.33. The molecule has 160 valence electrons. The molecule has 1 aliphatic heterocycles. The summed E-state index contributed by atoms with van der Waals surface area (Å²) in [7, 11) is 0. The van der Waals surface area contributed by atoms with E-state index in [0.29, 0.717) is 23.6 Å². The molecule has 0 aromatic heterocycles. The van der Waals surface area contributed by atoms with Crippen molar-refractivity contribution < 1.29 is 19.1 Å². The Hall–Kier alpha value is -3.02. The van der Waals surface area contributed by atoms with Gasteiger partial charge in [0.15, 0.2) is 0 Å². The standard InChI is InChI=1S/C24H30N2O4/c1-6-29-21-12-17-11-15(2)30-20(17)13-19(21)26-22(27)14-25-23(28)16-7-9-18(10-8-16)24(3,4)5/h7-10,12-13,15H,6,11,14H2,1-5H3,(H,25,28)(H,26,27). The van der Waals surface area contributed by atoms with Crippen LogP contribution >= 0.6 is 0 Å². The van der Waals surface area contributed by atoms with Crippen LogP contribution in [0.5, 0.6) is 11.5 Å². The fraction of sp³-hybridized carbons (Fsp3) is 0.417. The minimum Gasteiger partial charge on any atom is -0.492 e. The molecule has 1 unspecified atom stereocenters. The van der Waals surface area contributed by atoms with Gasteiger partial charge >= 0.3 is 0 Å². The van der Waals surface area contributed by atoms with E-state index >= 15 is 0 Å². The quantitative estimate of drug-likeness (QED) is 0.753. The van der Waals surface area contributed by atoms with Crippen LogP contribution in [0.25, 0.3) is 0 Å². The molecule has 1 heterocycles. The predicted octanol–water partition coefficient (Wildman–Crippen LogP) is 4.07. The van der Waals surface area contributed by atoms with E-state index in [2.05, 4.69) is 31.4 Å². The van der Waals surface area contributed by atoms with Crippen molar-refractivity contribution in [3.63, 3.8) is 0 Å². The Morgan fingerprint density at radius 3 is 2.50 bits per heavy atom. The fourth-order valence-corrected chi connectivity index (χ4v) is 3.39. The smallest absolute Gasteiger partial charge is 0.251 e. The van der Waals surface area contributed by atoms with Crippen LogP contribution < -0.4 is 20.1 Å². The number of benzene rings is 2. The van der Waals surface area contributed by atoms with Crippen LogP contribution in [0.15, 0.2) is 36.4 Å². The second kappa shape index (κ2) is 8.78. The van der Waals surface area contributed by atoms with E-state index in [1.807, 2.05) is 32.0 Å². The number of fused-ring (bicyclic) bond motifs is 1. The minimum atomic E-state index is -0.332. The van der Waals surface area contributed by atoms with Crippen LogP contribution in [0, 0.1) is 0 Å². The highest BCUT2D eigenvalue weighted by molar-refractivity contribution is 6.00. The van der Waals surface area contributed by atoms with Crippen molar-refractivity contribution in [1.29, 1.82) is 0 Å². The van der Waals surface area contributed by atoms with Gasteiger partial charge in [-0.15, -0.1) is 0 Å². The summed E-state index contributed by atoms with van der Waals surface area (Å²) in [5, 5.41) is 5.48. The van der Waals surface area contributed by atoms with Gasteiger partial charge in [0.1, 0.15) is 17.6 Å². The first kappa shape index (κ1) is 21.7. The number of hydrogen-bond acceptors (Lipinski definition) is 4. The van der Waals surface area contributed by atoms with Crippen LogP contribution in [-0.2, 0) is 16.6 Å². The zero-order valence-corrected chi connectivity index (χ0v) is 18.3. The number of rotatable bonds is 6. The van der Waals surface area contributed by atoms with Crippen molar-refractivity contribution in [2.75, 3.05) is 18.5 Å². The molecule has 1 aliphatic rings. The van der Waals surface area contributed by atoms with Gasteiger partial charge in [0.05, 0.1) is 18.8 Å². The Bertz CT molecular complexity index is 929. The third kappa shape index (κ3) is 5.12. The summed E-state index contributed by atoms with van der Waals surface area (Å²) in [6, 6.07) is 11.1. The second-order valence-electron chi connectivity index (χ2n) is 8.58. The maximum absolute atomic E-state index is 12.4. The molecule has 0 saturated heterocycles. The predicted molar refractivity (Wildman–Crippen MR) is 118 cm³/mol. The molecule has 3 rings (SSSR count). The van der Waals surface area contributed by atoms with Gasteiger partial charge in [-0.25, -0.2) is 0 Å². The average molecular weight is 411 g/mol. The molecule has 0 spiro atoms. The first-order valence-corrected chi connectivity index (χ1v) is 10.3. The number of carbonyl (C=O) groups is 2. The van der Waals surface area contributed by atoms with E-state index < -0.39 is 0 Å². The zero-order valence-electron chi connectivity index (χ0n) is 18.3. The molecule has 0 saturated carbocycles. The molecule has 6 nitrogen and oxygen atoms in total. The van der Waals surface area contributed by atoms with Gasteiger partial charge in [0.2, 0.25) is 5.91 Å². The van der Waals surface area contributed by atoms with E-state index in [9.17, 15) is 9.59 Å². The molecule has 0 fully saturated rings. The van der Waals surface area contributed by atoms with Crippen molar-refractivity contribution in [2.24, 2.45) is 0 Å². The fourth-order valence-electron chi connectivity index (χ4n) is 3.39. The number of anilines is 1. The molecular formula is C24H30N2O4. The molecule has 1 atom stereocenters. The lowest BCUT2D eigenvalue weighted by atomic mass is 9.87. The molecule has 2 aromatic rings. The van der Waals surface area contributed by atoms with Gasteiger partial charge in [-0.3, -0.25) is 9.59 Å². The molecular weight excluding hydrogens is 380 g/mol. The summed E-state index contributed by atoms with van der Waals surface area (Å²) in [6.07, 6.45) is 0.914. The van der Waals surface area contributed by atoms with Crippen LogP contribution in [0.4, 0.5) is 5.69 Å². The monoisotopic (exact) mass is 410 g/mol. The van der Waals surface area contributed by atoms with Gasteiger partial charge < -0.3 is 20.1 Å². The molecule has 0 radical (unpaired) electrons. The Kier molecular flexibility index (Phi) is 6.34.